The molecule has 0 fully saturated rings. The second-order valence-corrected chi connectivity index (χ2v) is 6.17. The Bertz CT molecular complexity index is 602. The van der Waals surface area contributed by atoms with Gasteiger partial charge in [0.1, 0.15) is 5.03 Å². The van der Waals surface area contributed by atoms with Crippen LogP contribution < -0.4 is 5.32 Å². The highest BCUT2D eigenvalue weighted by Gasteiger charge is 2.14. The third-order valence-electron chi connectivity index (χ3n) is 3.38. The van der Waals surface area contributed by atoms with Gasteiger partial charge in [0, 0.05) is 24.1 Å². The number of aryl methyl sites for hydroxylation is 4. The molecular formula is C16H23N3S. The van der Waals surface area contributed by atoms with Crippen molar-refractivity contribution in [1.82, 2.24) is 15.1 Å². The molecule has 0 aliphatic carbocycles. The molecule has 0 unspecified atom stereocenters. The SMILES string of the molecule is CCNCc1c(C)nn(C)c1Sc1ccc(C)cc1C. The van der Waals surface area contributed by atoms with Crippen molar-refractivity contribution in [1.29, 1.82) is 0 Å². The van der Waals surface area contributed by atoms with Crippen LogP contribution in [0.2, 0.25) is 0 Å². The largest absolute Gasteiger partial charge is 0.313 e. The minimum Gasteiger partial charge on any atom is -0.313 e. The Morgan fingerprint density at radius 1 is 1.25 bits per heavy atom. The Balaban J connectivity index is 2.32. The van der Waals surface area contributed by atoms with Gasteiger partial charge in [-0.25, -0.2) is 0 Å². The Labute approximate surface area is 125 Å². The maximum Gasteiger partial charge on any atom is 0.103 e. The van der Waals surface area contributed by atoms with Crippen molar-refractivity contribution in [2.45, 2.75) is 44.2 Å². The van der Waals surface area contributed by atoms with Crippen LogP contribution in [0.3, 0.4) is 0 Å². The molecule has 1 aromatic carbocycles. The molecule has 4 heteroatoms. The van der Waals surface area contributed by atoms with E-state index in [4.69, 9.17) is 0 Å². The van der Waals surface area contributed by atoms with Gasteiger partial charge >= 0.3 is 0 Å². The first-order valence-electron chi connectivity index (χ1n) is 7.01. The number of aromatic nitrogens is 2. The van der Waals surface area contributed by atoms with Crippen LogP contribution in [-0.2, 0) is 13.6 Å². The third kappa shape index (κ3) is 3.25. The number of hydrogen-bond donors (Lipinski definition) is 1. The molecule has 2 aromatic rings. The van der Waals surface area contributed by atoms with E-state index in [1.54, 1.807) is 0 Å². The Hall–Kier alpha value is -1.26. The molecule has 0 amide bonds. The van der Waals surface area contributed by atoms with Gasteiger partial charge in [-0.15, -0.1) is 0 Å². The van der Waals surface area contributed by atoms with E-state index in [1.807, 2.05) is 23.5 Å². The molecule has 108 valence electrons. The summed E-state index contributed by atoms with van der Waals surface area (Å²) in [5, 5.41) is 9.20. The van der Waals surface area contributed by atoms with Gasteiger partial charge in [-0.05, 0) is 38.9 Å². The van der Waals surface area contributed by atoms with Crippen LogP contribution in [-0.4, -0.2) is 16.3 Å². The zero-order valence-electron chi connectivity index (χ0n) is 12.9. The van der Waals surface area contributed by atoms with Crippen molar-refractivity contribution in [2.24, 2.45) is 7.05 Å². The Morgan fingerprint density at radius 2 is 2.00 bits per heavy atom. The zero-order chi connectivity index (χ0) is 14.7. The molecule has 0 atom stereocenters. The van der Waals surface area contributed by atoms with E-state index in [2.05, 4.69) is 56.3 Å². The number of rotatable bonds is 5. The first-order valence-corrected chi connectivity index (χ1v) is 7.82. The minimum atomic E-state index is 0.878. The fourth-order valence-electron chi connectivity index (χ4n) is 2.28. The average Bonchev–Trinajstić information content (AvgIpc) is 2.65. The van der Waals surface area contributed by atoms with Crippen LogP contribution in [0.5, 0.6) is 0 Å². The van der Waals surface area contributed by atoms with Crippen molar-refractivity contribution >= 4 is 11.8 Å². The first-order chi connectivity index (χ1) is 9.52. The summed E-state index contributed by atoms with van der Waals surface area (Å²) >= 11 is 1.81. The fourth-order valence-corrected chi connectivity index (χ4v) is 3.36. The molecule has 0 spiro atoms. The van der Waals surface area contributed by atoms with Gasteiger partial charge < -0.3 is 5.32 Å². The van der Waals surface area contributed by atoms with Crippen LogP contribution in [0.15, 0.2) is 28.1 Å². The molecule has 0 bridgehead atoms. The molecule has 1 N–H and O–H groups in total. The lowest BCUT2D eigenvalue weighted by atomic mass is 10.2. The monoisotopic (exact) mass is 289 g/mol. The molecule has 3 nitrogen and oxygen atoms in total. The molecule has 0 saturated heterocycles. The van der Waals surface area contributed by atoms with Gasteiger partial charge in [0.2, 0.25) is 0 Å². The van der Waals surface area contributed by atoms with E-state index in [0.717, 1.165) is 18.8 Å². The van der Waals surface area contributed by atoms with Crippen molar-refractivity contribution in [3.8, 4) is 0 Å². The first kappa shape index (κ1) is 15.1. The van der Waals surface area contributed by atoms with Crippen LogP contribution >= 0.6 is 11.8 Å². The number of nitrogens with zero attached hydrogens (tertiary/aromatic N) is 2. The number of hydrogen-bond acceptors (Lipinski definition) is 3. The van der Waals surface area contributed by atoms with Crippen LogP contribution in [0.25, 0.3) is 0 Å². The summed E-state index contributed by atoms with van der Waals surface area (Å²) in [5.41, 5.74) is 5.05. The summed E-state index contributed by atoms with van der Waals surface area (Å²) in [7, 11) is 2.02. The predicted molar refractivity (Wildman–Crippen MR) is 85.4 cm³/mol. The van der Waals surface area contributed by atoms with Crippen LogP contribution in [0.4, 0.5) is 0 Å². The van der Waals surface area contributed by atoms with E-state index in [0.29, 0.717) is 0 Å². The maximum absolute atomic E-state index is 4.56. The summed E-state index contributed by atoms with van der Waals surface area (Å²) in [5.74, 6) is 0. The number of benzene rings is 1. The fraction of sp³-hybridized carbons (Fsp3) is 0.438. The van der Waals surface area contributed by atoms with Gasteiger partial charge in [0.15, 0.2) is 0 Å². The van der Waals surface area contributed by atoms with Gasteiger partial charge in [-0.1, -0.05) is 36.4 Å². The predicted octanol–water partition coefficient (Wildman–Crippen LogP) is 3.61. The van der Waals surface area contributed by atoms with Crippen LogP contribution in [0.1, 0.15) is 29.3 Å². The molecule has 2 rings (SSSR count). The molecule has 1 aromatic heterocycles. The molecule has 0 aliphatic rings. The Morgan fingerprint density at radius 3 is 2.65 bits per heavy atom. The maximum atomic E-state index is 4.56. The highest BCUT2D eigenvalue weighted by atomic mass is 32.2. The smallest absolute Gasteiger partial charge is 0.103 e. The number of nitrogens with one attached hydrogen (secondary N) is 1. The zero-order valence-corrected chi connectivity index (χ0v) is 13.8. The third-order valence-corrected chi connectivity index (χ3v) is 4.76. The molecule has 0 saturated carbocycles. The lowest BCUT2D eigenvalue weighted by molar-refractivity contribution is 0.674. The molecule has 0 radical (unpaired) electrons. The quantitative estimate of drug-likeness (QED) is 0.912. The van der Waals surface area contributed by atoms with Gasteiger partial charge in [-0.2, -0.15) is 5.10 Å². The molecule has 1 heterocycles. The lowest BCUT2D eigenvalue weighted by Crippen LogP contribution is -2.12. The van der Waals surface area contributed by atoms with Gasteiger partial charge in [0.25, 0.3) is 0 Å². The van der Waals surface area contributed by atoms with E-state index in [1.165, 1.54) is 26.6 Å². The lowest BCUT2D eigenvalue weighted by Gasteiger charge is -2.09. The van der Waals surface area contributed by atoms with Crippen molar-refractivity contribution in [2.75, 3.05) is 6.54 Å². The van der Waals surface area contributed by atoms with E-state index in [-0.39, 0.29) is 0 Å². The molecular weight excluding hydrogens is 266 g/mol. The summed E-state index contributed by atoms with van der Waals surface area (Å²) in [6.07, 6.45) is 0. The normalized spacial score (nSPS) is 11.1. The molecule has 20 heavy (non-hydrogen) atoms. The Kier molecular flexibility index (Phi) is 4.89. The summed E-state index contributed by atoms with van der Waals surface area (Å²) in [4.78, 5) is 1.30. The van der Waals surface area contributed by atoms with Gasteiger partial charge in [-0.3, -0.25) is 4.68 Å². The second-order valence-electron chi connectivity index (χ2n) is 5.14. The van der Waals surface area contributed by atoms with Crippen LogP contribution in [0, 0.1) is 20.8 Å². The highest BCUT2D eigenvalue weighted by Crippen LogP contribution is 2.33. The minimum absolute atomic E-state index is 0.878. The van der Waals surface area contributed by atoms with Gasteiger partial charge in [0.05, 0.1) is 5.69 Å². The van der Waals surface area contributed by atoms with Crippen molar-refractivity contribution in [3.63, 3.8) is 0 Å². The summed E-state index contributed by atoms with van der Waals surface area (Å²) < 4.78 is 1.99. The highest BCUT2D eigenvalue weighted by molar-refractivity contribution is 7.99. The van der Waals surface area contributed by atoms with E-state index < -0.39 is 0 Å². The van der Waals surface area contributed by atoms with E-state index in [9.17, 15) is 0 Å². The topological polar surface area (TPSA) is 29.9 Å². The molecule has 0 aliphatic heterocycles. The second kappa shape index (κ2) is 6.46. The van der Waals surface area contributed by atoms with Crippen molar-refractivity contribution in [3.05, 3.63) is 40.6 Å². The summed E-state index contributed by atoms with van der Waals surface area (Å²) in [6, 6.07) is 6.60. The van der Waals surface area contributed by atoms with E-state index >= 15 is 0 Å². The summed E-state index contributed by atoms with van der Waals surface area (Å²) in [6.45, 7) is 10.4. The van der Waals surface area contributed by atoms with Crippen molar-refractivity contribution < 1.29 is 0 Å². The average molecular weight is 289 g/mol. The standard InChI is InChI=1S/C16H23N3S/c1-6-17-10-14-13(4)18-19(5)16(14)20-15-8-7-11(2)9-12(15)3/h7-9,17H,6,10H2,1-5H3.